The molecule has 26 heavy (non-hydrogen) atoms. The van der Waals surface area contributed by atoms with Crippen molar-refractivity contribution < 1.29 is 28.2 Å². The van der Waals surface area contributed by atoms with Crippen LogP contribution in [0.3, 0.4) is 0 Å². The number of halogens is 1. The first kappa shape index (κ1) is 25.1. The van der Waals surface area contributed by atoms with Gasteiger partial charge in [0.15, 0.2) is 0 Å². The standard InChI is InChI=1S/C16H32FN3O5S/c1-13(21)19-11-14(17)16(2,3)25-12-15(22)18-5-7-23-9-10-24-8-6-20-26-4/h14,20H,5-12H2,1-4H3,(H,18,22)(H,19,21). The zero-order valence-corrected chi connectivity index (χ0v) is 16.9. The van der Waals surface area contributed by atoms with E-state index >= 15 is 0 Å². The van der Waals surface area contributed by atoms with E-state index in [9.17, 15) is 14.0 Å². The third-order valence-corrected chi connectivity index (χ3v) is 3.79. The average Bonchev–Trinajstić information content (AvgIpc) is 2.59. The minimum Gasteiger partial charge on any atom is -0.378 e. The van der Waals surface area contributed by atoms with Crippen molar-refractivity contribution in [3.8, 4) is 0 Å². The highest BCUT2D eigenvalue weighted by Crippen LogP contribution is 2.17. The van der Waals surface area contributed by atoms with Gasteiger partial charge < -0.3 is 24.8 Å². The maximum atomic E-state index is 14.0. The molecule has 0 aliphatic heterocycles. The molecule has 0 bridgehead atoms. The lowest BCUT2D eigenvalue weighted by atomic mass is 10.0. The maximum absolute atomic E-state index is 14.0. The van der Waals surface area contributed by atoms with Crippen molar-refractivity contribution in [1.29, 1.82) is 0 Å². The third-order valence-electron chi connectivity index (χ3n) is 3.29. The largest absolute Gasteiger partial charge is 0.378 e. The Labute approximate surface area is 159 Å². The fourth-order valence-corrected chi connectivity index (χ4v) is 1.96. The van der Waals surface area contributed by atoms with Crippen molar-refractivity contribution in [2.24, 2.45) is 0 Å². The highest BCUT2D eigenvalue weighted by Gasteiger charge is 2.31. The fraction of sp³-hybridized carbons (Fsp3) is 0.875. The molecule has 0 aromatic heterocycles. The third kappa shape index (κ3) is 14.3. The van der Waals surface area contributed by atoms with E-state index in [1.807, 2.05) is 6.26 Å². The average molecular weight is 398 g/mol. The summed E-state index contributed by atoms with van der Waals surface area (Å²) in [6.07, 6.45) is 0.527. The minimum atomic E-state index is -1.42. The first-order chi connectivity index (χ1) is 12.3. The predicted molar refractivity (Wildman–Crippen MR) is 99.8 cm³/mol. The van der Waals surface area contributed by atoms with Gasteiger partial charge in [0, 0.05) is 20.0 Å². The molecule has 8 nitrogen and oxygen atoms in total. The maximum Gasteiger partial charge on any atom is 0.246 e. The highest BCUT2D eigenvalue weighted by molar-refractivity contribution is 7.96. The zero-order chi connectivity index (χ0) is 19.8. The van der Waals surface area contributed by atoms with Crippen molar-refractivity contribution in [1.82, 2.24) is 15.4 Å². The quantitative estimate of drug-likeness (QED) is 0.254. The molecule has 0 aromatic rings. The monoisotopic (exact) mass is 397 g/mol. The summed E-state index contributed by atoms with van der Waals surface area (Å²) in [6.45, 7) is 6.98. The van der Waals surface area contributed by atoms with Gasteiger partial charge in [0.1, 0.15) is 12.8 Å². The number of hydrogen-bond acceptors (Lipinski definition) is 7. The zero-order valence-electron chi connectivity index (χ0n) is 16.1. The molecule has 2 amide bonds. The van der Waals surface area contributed by atoms with Crippen LogP contribution >= 0.6 is 11.9 Å². The van der Waals surface area contributed by atoms with E-state index < -0.39 is 11.8 Å². The molecule has 3 N–H and O–H groups in total. The molecule has 154 valence electrons. The molecule has 10 heteroatoms. The van der Waals surface area contributed by atoms with Crippen LogP contribution in [0.1, 0.15) is 20.8 Å². The van der Waals surface area contributed by atoms with Gasteiger partial charge >= 0.3 is 0 Å². The molecule has 0 rings (SSSR count). The first-order valence-corrected chi connectivity index (χ1v) is 9.72. The molecule has 0 saturated heterocycles. The summed E-state index contributed by atoms with van der Waals surface area (Å²) in [5.74, 6) is -0.670. The van der Waals surface area contributed by atoms with Gasteiger partial charge in [-0.25, -0.2) is 4.39 Å². The molecule has 1 atom stereocenters. The van der Waals surface area contributed by atoms with Crippen LogP contribution in [0.2, 0.25) is 0 Å². The molecular formula is C16H32FN3O5S. The summed E-state index contributed by atoms with van der Waals surface area (Å²) in [5.41, 5.74) is -1.18. The van der Waals surface area contributed by atoms with Gasteiger partial charge in [-0.2, -0.15) is 0 Å². The topological polar surface area (TPSA) is 97.9 Å². The lowest BCUT2D eigenvalue weighted by Gasteiger charge is -2.28. The molecule has 1 unspecified atom stereocenters. The van der Waals surface area contributed by atoms with E-state index in [4.69, 9.17) is 14.2 Å². The summed E-state index contributed by atoms with van der Waals surface area (Å²) in [6, 6.07) is 0. The van der Waals surface area contributed by atoms with Crippen LogP contribution in [-0.4, -0.2) is 82.5 Å². The van der Waals surface area contributed by atoms with Crippen LogP contribution in [0.4, 0.5) is 4.39 Å². The number of rotatable bonds is 16. The number of carbonyl (C=O) groups excluding carboxylic acids is 2. The minimum absolute atomic E-state index is 0.160. The SMILES string of the molecule is CSNCCOCCOCCNC(=O)COC(C)(C)C(F)CNC(C)=O. The van der Waals surface area contributed by atoms with Gasteiger partial charge in [-0.15, -0.1) is 0 Å². The van der Waals surface area contributed by atoms with E-state index in [2.05, 4.69) is 15.4 Å². The number of alkyl halides is 1. The van der Waals surface area contributed by atoms with Crippen LogP contribution in [0.5, 0.6) is 0 Å². The second kappa shape index (κ2) is 15.2. The summed E-state index contributed by atoms with van der Waals surface area (Å²) in [7, 11) is 0. The van der Waals surface area contributed by atoms with Crippen molar-refractivity contribution >= 4 is 23.8 Å². The molecule has 0 heterocycles. The van der Waals surface area contributed by atoms with Gasteiger partial charge in [-0.1, -0.05) is 11.9 Å². The summed E-state index contributed by atoms with van der Waals surface area (Å²) in [5, 5.41) is 5.01. The molecule has 0 saturated carbocycles. The van der Waals surface area contributed by atoms with Crippen LogP contribution in [0.15, 0.2) is 0 Å². The van der Waals surface area contributed by atoms with Gasteiger partial charge in [-0.3, -0.25) is 14.3 Å². The lowest BCUT2D eigenvalue weighted by molar-refractivity contribution is -0.136. The Morgan fingerprint density at radius 3 is 2.27 bits per heavy atom. The van der Waals surface area contributed by atoms with Crippen molar-refractivity contribution in [2.75, 3.05) is 58.9 Å². The second-order valence-corrected chi connectivity index (χ2v) is 6.67. The van der Waals surface area contributed by atoms with Crippen molar-refractivity contribution in [3.63, 3.8) is 0 Å². The summed E-state index contributed by atoms with van der Waals surface area (Å²) >= 11 is 1.54. The van der Waals surface area contributed by atoms with E-state index in [1.54, 1.807) is 11.9 Å². The number of ether oxygens (including phenoxy) is 3. The molecule has 0 aromatic carbocycles. The van der Waals surface area contributed by atoms with Gasteiger partial charge in [0.05, 0.1) is 38.6 Å². The van der Waals surface area contributed by atoms with E-state index in [-0.39, 0.29) is 25.0 Å². The lowest BCUT2D eigenvalue weighted by Crippen LogP contribution is -2.45. The Balaban J connectivity index is 3.65. The molecule has 0 fully saturated rings. The second-order valence-electron chi connectivity index (χ2n) is 5.97. The molecule has 0 aliphatic rings. The van der Waals surface area contributed by atoms with Crippen molar-refractivity contribution in [3.05, 3.63) is 0 Å². The number of nitrogens with one attached hydrogen (secondary N) is 3. The van der Waals surface area contributed by atoms with E-state index in [0.717, 1.165) is 6.54 Å². The number of amides is 2. The normalized spacial score (nSPS) is 12.7. The molecule has 0 spiro atoms. The number of hydrogen-bond donors (Lipinski definition) is 3. The fourth-order valence-electron chi connectivity index (χ4n) is 1.67. The Kier molecular flexibility index (Phi) is 14.6. The predicted octanol–water partition coefficient (Wildman–Crippen LogP) is 0.273. The van der Waals surface area contributed by atoms with Crippen LogP contribution in [-0.2, 0) is 23.8 Å². The van der Waals surface area contributed by atoms with E-state index in [1.165, 1.54) is 20.8 Å². The van der Waals surface area contributed by atoms with Crippen molar-refractivity contribution in [2.45, 2.75) is 32.5 Å². The molecule has 0 radical (unpaired) electrons. The van der Waals surface area contributed by atoms with E-state index in [0.29, 0.717) is 33.0 Å². The van der Waals surface area contributed by atoms with Gasteiger partial charge in [0.25, 0.3) is 0 Å². The Morgan fingerprint density at radius 2 is 1.69 bits per heavy atom. The summed E-state index contributed by atoms with van der Waals surface area (Å²) in [4.78, 5) is 22.5. The first-order valence-electron chi connectivity index (χ1n) is 8.50. The Hall–Kier alpha value is -0.940. The highest BCUT2D eigenvalue weighted by atomic mass is 32.2. The molecular weight excluding hydrogens is 365 g/mol. The smallest absolute Gasteiger partial charge is 0.246 e. The van der Waals surface area contributed by atoms with Crippen LogP contribution in [0.25, 0.3) is 0 Å². The Morgan fingerprint density at radius 1 is 1.08 bits per heavy atom. The van der Waals surface area contributed by atoms with Crippen LogP contribution < -0.4 is 15.4 Å². The Bertz CT molecular complexity index is 402. The number of carbonyl (C=O) groups is 2. The summed E-state index contributed by atoms with van der Waals surface area (Å²) < 4.78 is 33.0. The molecule has 0 aliphatic carbocycles. The van der Waals surface area contributed by atoms with Crippen LogP contribution in [0, 0.1) is 0 Å². The van der Waals surface area contributed by atoms with Gasteiger partial charge in [0.2, 0.25) is 11.8 Å². The van der Waals surface area contributed by atoms with Gasteiger partial charge in [-0.05, 0) is 20.1 Å².